The van der Waals surface area contributed by atoms with Gasteiger partial charge in [0, 0.05) is 41.0 Å². The molecule has 0 aromatic heterocycles. The van der Waals surface area contributed by atoms with Crippen molar-refractivity contribution >= 4 is 40.3 Å². The van der Waals surface area contributed by atoms with Gasteiger partial charge in [0.15, 0.2) is 11.5 Å². The summed E-state index contributed by atoms with van der Waals surface area (Å²) in [5.41, 5.74) is 1.87. The molecule has 1 aliphatic rings. The van der Waals surface area contributed by atoms with Crippen LogP contribution >= 0.6 is 22.6 Å². The quantitative estimate of drug-likeness (QED) is 0.355. The molecule has 0 bridgehead atoms. The molecule has 1 saturated heterocycles. The summed E-state index contributed by atoms with van der Waals surface area (Å²) in [6.45, 7) is 2.60. The molecule has 6 nitrogen and oxygen atoms in total. The molecule has 0 radical (unpaired) electrons. The number of para-hydroxylation sites is 1. The third kappa shape index (κ3) is 4.82. The molecule has 0 unspecified atom stereocenters. The standard InChI is InChI=1S/C22H22IN3O3/c1-28-20-14-18(23)13-16(21(20)29-2)12-17(15-24)22(27)26-10-8-25(9-11-26)19-6-4-3-5-7-19/h3-7,12-14H,8-11H2,1-2H3/b17-12-. The Labute approximate surface area is 184 Å². The Kier molecular flexibility index (Phi) is 6.99. The van der Waals surface area contributed by atoms with Crippen LogP contribution in [0.5, 0.6) is 11.5 Å². The molecule has 3 rings (SSSR count). The van der Waals surface area contributed by atoms with Gasteiger partial charge in [-0.15, -0.1) is 0 Å². The summed E-state index contributed by atoms with van der Waals surface area (Å²) < 4.78 is 11.7. The van der Waals surface area contributed by atoms with Crippen LogP contribution in [0.15, 0.2) is 48.0 Å². The highest BCUT2D eigenvalue weighted by molar-refractivity contribution is 14.1. The van der Waals surface area contributed by atoms with Crippen LogP contribution in [0.3, 0.4) is 0 Å². The smallest absolute Gasteiger partial charge is 0.264 e. The Morgan fingerprint density at radius 2 is 1.79 bits per heavy atom. The third-order valence-corrected chi connectivity index (χ3v) is 5.43. The predicted molar refractivity (Wildman–Crippen MR) is 121 cm³/mol. The summed E-state index contributed by atoms with van der Waals surface area (Å²) in [5, 5.41) is 9.63. The predicted octanol–water partition coefficient (Wildman–Crippen LogP) is 3.56. The monoisotopic (exact) mass is 503 g/mol. The number of rotatable bonds is 5. The zero-order chi connectivity index (χ0) is 20.8. The normalized spacial score (nSPS) is 14.3. The van der Waals surface area contributed by atoms with Crippen LogP contribution < -0.4 is 14.4 Å². The fourth-order valence-corrected chi connectivity index (χ4v) is 3.96. The van der Waals surface area contributed by atoms with Crippen LogP contribution in [0.25, 0.3) is 6.08 Å². The van der Waals surface area contributed by atoms with E-state index in [2.05, 4.69) is 45.7 Å². The Morgan fingerprint density at radius 1 is 1.10 bits per heavy atom. The molecule has 2 aromatic carbocycles. The molecular formula is C22H22IN3O3. The van der Waals surface area contributed by atoms with Gasteiger partial charge in [-0.25, -0.2) is 0 Å². The second-order valence-corrected chi connectivity index (χ2v) is 7.76. The van der Waals surface area contributed by atoms with Crippen LogP contribution in [-0.4, -0.2) is 51.2 Å². The summed E-state index contributed by atoms with van der Waals surface area (Å²) in [7, 11) is 3.10. The lowest BCUT2D eigenvalue weighted by Crippen LogP contribution is -2.49. The molecule has 0 saturated carbocycles. The van der Waals surface area contributed by atoms with Gasteiger partial charge in [-0.05, 0) is 52.9 Å². The molecule has 0 spiro atoms. The third-order valence-electron chi connectivity index (χ3n) is 4.81. The first-order valence-corrected chi connectivity index (χ1v) is 10.3. The minimum Gasteiger partial charge on any atom is -0.493 e. The van der Waals surface area contributed by atoms with E-state index < -0.39 is 0 Å². The van der Waals surface area contributed by atoms with Gasteiger partial charge in [-0.3, -0.25) is 4.79 Å². The van der Waals surface area contributed by atoms with Gasteiger partial charge in [0.05, 0.1) is 14.2 Å². The van der Waals surface area contributed by atoms with Crippen LogP contribution in [0.4, 0.5) is 5.69 Å². The molecule has 1 aliphatic heterocycles. The molecule has 7 heteroatoms. The number of carbonyl (C=O) groups excluding carboxylic acids is 1. The molecular weight excluding hydrogens is 481 g/mol. The van der Waals surface area contributed by atoms with Crippen LogP contribution in [0.2, 0.25) is 0 Å². The van der Waals surface area contributed by atoms with Crippen molar-refractivity contribution in [1.82, 2.24) is 4.90 Å². The minimum atomic E-state index is -0.264. The first kappa shape index (κ1) is 21.0. The number of amides is 1. The molecule has 1 amide bonds. The van der Waals surface area contributed by atoms with E-state index in [1.807, 2.05) is 30.3 Å². The van der Waals surface area contributed by atoms with Crippen molar-refractivity contribution in [2.75, 3.05) is 45.3 Å². The highest BCUT2D eigenvalue weighted by atomic mass is 127. The number of anilines is 1. The van der Waals surface area contributed by atoms with Crippen molar-refractivity contribution in [1.29, 1.82) is 5.26 Å². The lowest BCUT2D eigenvalue weighted by Gasteiger charge is -2.36. The Hall–Kier alpha value is -2.73. The Balaban J connectivity index is 1.78. The molecule has 1 heterocycles. The number of carbonyl (C=O) groups is 1. The van der Waals surface area contributed by atoms with E-state index in [1.54, 1.807) is 25.2 Å². The summed E-state index contributed by atoms with van der Waals surface area (Å²) in [6.07, 6.45) is 1.58. The van der Waals surface area contributed by atoms with Crippen LogP contribution in [0.1, 0.15) is 5.56 Å². The molecule has 2 aromatic rings. The summed E-state index contributed by atoms with van der Waals surface area (Å²) in [4.78, 5) is 16.9. The molecule has 1 fully saturated rings. The summed E-state index contributed by atoms with van der Waals surface area (Å²) in [6, 6.07) is 15.9. The zero-order valence-corrected chi connectivity index (χ0v) is 18.5. The number of hydrogen-bond acceptors (Lipinski definition) is 5. The van der Waals surface area contributed by atoms with Gasteiger partial charge in [0.2, 0.25) is 0 Å². The summed E-state index contributed by atoms with van der Waals surface area (Å²) >= 11 is 2.17. The first-order chi connectivity index (χ1) is 14.1. The minimum absolute atomic E-state index is 0.0838. The number of halogens is 1. The van der Waals surface area contributed by atoms with Crippen molar-refractivity contribution in [2.24, 2.45) is 0 Å². The van der Waals surface area contributed by atoms with E-state index in [1.165, 1.54) is 0 Å². The maximum atomic E-state index is 13.0. The highest BCUT2D eigenvalue weighted by Gasteiger charge is 2.24. The molecule has 150 valence electrons. The van der Waals surface area contributed by atoms with Gasteiger partial charge in [0.25, 0.3) is 5.91 Å². The van der Waals surface area contributed by atoms with Crippen molar-refractivity contribution < 1.29 is 14.3 Å². The van der Waals surface area contributed by atoms with Gasteiger partial charge in [-0.2, -0.15) is 5.26 Å². The van der Waals surface area contributed by atoms with Crippen molar-refractivity contribution in [3.05, 3.63) is 57.2 Å². The zero-order valence-electron chi connectivity index (χ0n) is 16.4. The fourth-order valence-electron chi connectivity index (χ4n) is 3.34. The first-order valence-electron chi connectivity index (χ1n) is 9.20. The van der Waals surface area contributed by atoms with Crippen molar-refractivity contribution in [2.45, 2.75) is 0 Å². The molecule has 0 N–H and O–H groups in total. The van der Waals surface area contributed by atoms with Gasteiger partial charge in [0.1, 0.15) is 11.6 Å². The maximum Gasteiger partial charge on any atom is 0.264 e. The molecule has 29 heavy (non-hydrogen) atoms. The average Bonchev–Trinajstić information content (AvgIpc) is 2.77. The van der Waals surface area contributed by atoms with Gasteiger partial charge < -0.3 is 19.3 Å². The number of nitriles is 1. The largest absolute Gasteiger partial charge is 0.493 e. The average molecular weight is 503 g/mol. The van der Waals surface area contributed by atoms with E-state index in [0.717, 1.165) is 22.3 Å². The van der Waals surface area contributed by atoms with Crippen molar-refractivity contribution in [3.63, 3.8) is 0 Å². The number of hydrogen-bond donors (Lipinski definition) is 0. The van der Waals surface area contributed by atoms with Crippen LogP contribution in [0, 0.1) is 14.9 Å². The number of benzene rings is 2. The van der Waals surface area contributed by atoms with E-state index in [-0.39, 0.29) is 11.5 Å². The second kappa shape index (κ2) is 9.65. The van der Waals surface area contributed by atoms with E-state index >= 15 is 0 Å². The Morgan fingerprint density at radius 3 is 2.38 bits per heavy atom. The lowest BCUT2D eigenvalue weighted by atomic mass is 10.1. The number of piperazine rings is 1. The highest BCUT2D eigenvalue weighted by Crippen LogP contribution is 2.34. The van der Waals surface area contributed by atoms with E-state index in [0.29, 0.717) is 30.2 Å². The Bertz CT molecular complexity index is 946. The number of nitrogens with zero attached hydrogens (tertiary/aromatic N) is 3. The second-order valence-electron chi connectivity index (χ2n) is 6.52. The number of methoxy groups -OCH3 is 2. The topological polar surface area (TPSA) is 65.8 Å². The number of ether oxygens (including phenoxy) is 2. The van der Waals surface area contributed by atoms with Gasteiger partial charge >= 0.3 is 0 Å². The summed E-state index contributed by atoms with van der Waals surface area (Å²) in [5.74, 6) is 0.800. The molecule has 0 atom stereocenters. The fraction of sp³-hybridized carbons (Fsp3) is 0.273. The van der Waals surface area contributed by atoms with Gasteiger partial charge in [-0.1, -0.05) is 18.2 Å². The van der Waals surface area contributed by atoms with E-state index in [4.69, 9.17) is 9.47 Å². The van der Waals surface area contributed by atoms with Crippen LogP contribution in [-0.2, 0) is 4.79 Å². The molecule has 0 aliphatic carbocycles. The van der Waals surface area contributed by atoms with Crippen molar-refractivity contribution in [3.8, 4) is 17.6 Å². The SMILES string of the molecule is COc1cc(I)cc(/C=C(/C#N)C(=O)N2CCN(c3ccccc3)CC2)c1OC. The van der Waals surface area contributed by atoms with E-state index in [9.17, 15) is 10.1 Å². The maximum absolute atomic E-state index is 13.0. The lowest BCUT2D eigenvalue weighted by molar-refractivity contribution is -0.126.